The summed E-state index contributed by atoms with van der Waals surface area (Å²) < 4.78 is 27.2. The van der Waals surface area contributed by atoms with Crippen molar-refractivity contribution in [3.63, 3.8) is 0 Å². The van der Waals surface area contributed by atoms with Crippen molar-refractivity contribution in [1.29, 1.82) is 0 Å². The van der Waals surface area contributed by atoms with E-state index in [-0.39, 0.29) is 11.9 Å². The maximum atomic E-state index is 12.8. The van der Waals surface area contributed by atoms with Gasteiger partial charge in [0.05, 0.1) is 4.90 Å². The summed E-state index contributed by atoms with van der Waals surface area (Å²) in [6, 6.07) is 14.3. The lowest BCUT2D eigenvalue weighted by Crippen LogP contribution is -2.46. The number of amides is 1. The first-order chi connectivity index (χ1) is 12.4. The van der Waals surface area contributed by atoms with E-state index in [1.165, 1.54) is 4.31 Å². The molecule has 1 saturated heterocycles. The van der Waals surface area contributed by atoms with E-state index in [9.17, 15) is 13.2 Å². The lowest BCUT2D eigenvalue weighted by Gasteiger charge is -2.31. The number of carbonyl (C=O) groups excluding carboxylic acids is 1. The maximum absolute atomic E-state index is 12.8. The Morgan fingerprint density at radius 1 is 1.00 bits per heavy atom. The average molecular weight is 372 g/mol. The highest BCUT2D eigenvalue weighted by Gasteiger charge is 2.30. The summed E-state index contributed by atoms with van der Waals surface area (Å²) in [5.41, 5.74) is 2.67. The summed E-state index contributed by atoms with van der Waals surface area (Å²) in [6.07, 6.45) is 1.23. The van der Waals surface area contributed by atoms with E-state index in [2.05, 4.69) is 5.32 Å². The topological polar surface area (TPSA) is 66.5 Å². The van der Waals surface area contributed by atoms with Crippen molar-refractivity contribution in [3.05, 3.63) is 65.2 Å². The molecule has 5 nitrogen and oxygen atoms in total. The largest absolute Gasteiger partial charge is 0.349 e. The summed E-state index contributed by atoms with van der Waals surface area (Å²) in [6.45, 7) is 4.70. The normalized spacial score (nSPS) is 16.4. The molecule has 1 N–H and O–H groups in total. The lowest BCUT2D eigenvalue weighted by atomic mass is 10.1. The molecule has 26 heavy (non-hydrogen) atoms. The van der Waals surface area contributed by atoms with Crippen molar-refractivity contribution < 1.29 is 13.2 Å². The Hall–Kier alpha value is -2.18. The Balaban J connectivity index is 1.62. The van der Waals surface area contributed by atoms with Crippen LogP contribution >= 0.6 is 0 Å². The predicted octanol–water partition coefficient (Wildman–Crippen LogP) is 2.89. The number of benzene rings is 2. The van der Waals surface area contributed by atoms with Crippen LogP contribution in [0.4, 0.5) is 0 Å². The van der Waals surface area contributed by atoms with Crippen LogP contribution in [-0.4, -0.2) is 37.8 Å². The van der Waals surface area contributed by atoms with Crippen molar-refractivity contribution in [3.8, 4) is 0 Å². The van der Waals surface area contributed by atoms with E-state index < -0.39 is 10.0 Å². The van der Waals surface area contributed by atoms with Gasteiger partial charge < -0.3 is 5.32 Å². The fourth-order valence-electron chi connectivity index (χ4n) is 3.12. The number of nitrogens with zero attached hydrogens (tertiary/aromatic N) is 1. The van der Waals surface area contributed by atoms with Crippen molar-refractivity contribution in [2.75, 3.05) is 13.1 Å². The molecule has 0 radical (unpaired) electrons. The van der Waals surface area contributed by atoms with Gasteiger partial charge in [0.25, 0.3) is 5.91 Å². The van der Waals surface area contributed by atoms with E-state index in [1.807, 2.05) is 38.1 Å². The summed E-state index contributed by atoms with van der Waals surface area (Å²) in [4.78, 5) is 12.6. The number of piperidine rings is 1. The molecule has 6 heteroatoms. The number of sulfonamides is 1. The minimum atomic E-state index is -3.48. The van der Waals surface area contributed by atoms with Gasteiger partial charge in [-0.05, 0) is 62.1 Å². The zero-order valence-corrected chi connectivity index (χ0v) is 15.9. The molecule has 0 atom stereocenters. The Kier molecular flexibility index (Phi) is 5.44. The molecule has 2 aromatic rings. The number of hydrogen-bond donors (Lipinski definition) is 1. The predicted molar refractivity (Wildman–Crippen MR) is 102 cm³/mol. The molecular weight excluding hydrogens is 348 g/mol. The lowest BCUT2D eigenvalue weighted by molar-refractivity contribution is 0.0924. The van der Waals surface area contributed by atoms with Crippen LogP contribution in [0.1, 0.15) is 34.3 Å². The molecule has 1 aliphatic rings. The summed E-state index contributed by atoms with van der Waals surface area (Å²) in [7, 11) is -3.48. The monoisotopic (exact) mass is 372 g/mol. The fraction of sp³-hybridized carbons (Fsp3) is 0.350. The van der Waals surface area contributed by atoms with Gasteiger partial charge in [0.1, 0.15) is 0 Å². The van der Waals surface area contributed by atoms with Crippen molar-refractivity contribution >= 4 is 15.9 Å². The molecular formula is C20H24N2O3S. The zero-order chi connectivity index (χ0) is 18.7. The van der Waals surface area contributed by atoms with E-state index in [1.54, 1.807) is 24.3 Å². The Morgan fingerprint density at radius 3 is 2.27 bits per heavy atom. The summed E-state index contributed by atoms with van der Waals surface area (Å²) in [5.74, 6) is -0.110. The van der Waals surface area contributed by atoms with Gasteiger partial charge in [-0.15, -0.1) is 0 Å². The Morgan fingerprint density at radius 2 is 1.65 bits per heavy atom. The highest BCUT2D eigenvalue weighted by atomic mass is 32.2. The SMILES string of the molecule is Cc1ccc(S(=O)(=O)N2CCC(NC(=O)c3ccccc3)CC2)cc1C. The van der Waals surface area contributed by atoms with E-state index >= 15 is 0 Å². The van der Waals surface area contributed by atoms with Crippen molar-refractivity contribution in [1.82, 2.24) is 9.62 Å². The first-order valence-corrected chi connectivity index (χ1v) is 10.3. The first-order valence-electron chi connectivity index (χ1n) is 8.81. The standard InChI is InChI=1S/C20H24N2O3S/c1-15-8-9-19(14-16(15)2)26(24,25)22-12-10-18(11-13-22)21-20(23)17-6-4-3-5-7-17/h3-9,14,18H,10-13H2,1-2H3,(H,21,23). The third-order valence-electron chi connectivity index (χ3n) is 4.94. The number of hydrogen-bond acceptors (Lipinski definition) is 3. The maximum Gasteiger partial charge on any atom is 0.251 e. The molecule has 0 unspecified atom stereocenters. The van der Waals surface area contributed by atoms with Gasteiger partial charge in [-0.2, -0.15) is 4.31 Å². The minimum Gasteiger partial charge on any atom is -0.349 e. The molecule has 138 valence electrons. The number of aryl methyl sites for hydroxylation is 2. The fourth-order valence-corrected chi connectivity index (χ4v) is 4.68. The van der Waals surface area contributed by atoms with Crippen LogP contribution in [0, 0.1) is 13.8 Å². The van der Waals surface area contributed by atoms with Crippen molar-refractivity contribution in [2.45, 2.75) is 37.6 Å². The molecule has 0 bridgehead atoms. The van der Waals surface area contributed by atoms with Crippen LogP contribution in [0.2, 0.25) is 0 Å². The molecule has 1 amide bonds. The molecule has 0 spiro atoms. The number of rotatable bonds is 4. The quantitative estimate of drug-likeness (QED) is 0.897. The smallest absolute Gasteiger partial charge is 0.251 e. The van der Waals surface area contributed by atoms with E-state index in [0.29, 0.717) is 36.4 Å². The molecule has 0 aliphatic carbocycles. The van der Waals surface area contributed by atoms with Gasteiger partial charge in [0, 0.05) is 24.7 Å². The summed E-state index contributed by atoms with van der Waals surface area (Å²) in [5, 5.41) is 3.00. The number of nitrogens with one attached hydrogen (secondary N) is 1. The summed E-state index contributed by atoms with van der Waals surface area (Å²) >= 11 is 0. The third kappa shape index (κ3) is 3.97. The second-order valence-corrected chi connectivity index (χ2v) is 8.70. The van der Waals surface area contributed by atoms with Crippen LogP contribution in [0.15, 0.2) is 53.4 Å². The molecule has 0 aromatic heterocycles. The molecule has 3 rings (SSSR count). The molecule has 0 saturated carbocycles. The zero-order valence-electron chi connectivity index (χ0n) is 15.1. The minimum absolute atomic E-state index is 0.00564. The van der Waals surface area contributed by atoms with Gasteiger partial charge >= 0.3 is 0 Å². The van der Waals surface area contributed by atoms with E-state index in [0.717, 1.165) is 11.1 Å². The van der Waals surface area contributed by atoms with Gasteiger partial charge in [-0.1, -0.05) is 24.3 Å². The van der Waals surface area contributed by atoms with Crippen LogP contribution in [0.25, 0.3) is 0 Å². The van der Waals surface area contributed by atoms with E-state index in [4.69, 9.17) is 0 Å². The Bertz CT molecular complexity index is 887. The first kappa shape index (κ1) is 18.6. The molecule has 1 fully saturated rings. The molecule has 1 heterocycles. The van der Waals surface area contributed by atoms with Crippen molar-refractivity contribution in [2.24, 2.45) is 0 Å². The van der Waals surface area contributed by atoms with Crippen LogP contribution < -0.4 is 5.32 Å². The third-order valence-corrected chi connectivity index (χ3v) is 6.84. The molecule has 1 aliphatic heterocycles. The van der Waals surface area contributed by atoms with Gasteiger partial charge in [0.15, 0.2) is 0 Å². The Labute approximate surface area is 155 Å². The van der Waals surface area contributed by atoms with Gasteiger partial charge in [-0.3, -0.25) is 4.79 Å². The second-order valence-electron chi connectivity index (χ2n) is 6.76. The van der Waals surface area contributed by atoms with Gasteiger partial charge in [0.2, 0.25) is 10.0 Å². The van der Waals surface area contributed by atoms with Crippen LogP contribution in [0.3, 0.4) is 0 Å². The molecule has 2 aromatic carbocycles. The average Bonchev–Trinajstić information content (AvgIpc) is 2.65. The second kappa shape index (κ2) is 7.60. The number of carbonyl (C=O) groups is 1. The highest BCUT2D eigenvalue weighted by molar-refractivity contribution is 7.89. The van der Waals surface area contributed by atoms with Crippen LogP contribution in [0.5, 0.6) is 0 Å². The van der Waals surface area contributed by atoms with Gasteiger partial charge in [-0.25, -0.2) is 8.42 Å². The van der Waals surface area contributed by atoms with Crippen LogP contribution in [-0.2, 0) is 10.0 Å². The highest BCUT2D eigenvalue weighted by Crippen LogP contribution is 2.23.